The Morgan fingerprint density at radius 2 is 1.85 bits per heavy atom. The van der Waals surface area contributed by atoms with Crippen molar-refractivity contribution in [1.82, 2.24) is 25.3 Å². The lowest BCUT2D eigenvalue weighted by Crippen LogP contribution is -2.19. The first-order valence-electron chi connectivity index (χ1n) is 6.52. The molecule has 0 amide bonds. The van der Waals surface area contributed by atoms with Crippen LogP contribution in [0.5, 0.6) is 0 Å². The summed E-state index contributed by atoms with van der Waals surface area (Å²) in [6, 6.07) is 1.96. The number of aryl methyl sites for hydroxylation is 2. The van der Waals surface area contributed by atoms with Crippen LogP contribution < -0.4 is 5.32 Å². The summed E-state index contributed by atoms with van der Waals surface area (Å²) in [5.41, 5.74) is 2.85. The number of methoxy groups -OCH3 is 1. The Morgan fingerprint density at radius 3 is 2.55 bits per heavy atom. The minimum absolute atomic E-state index is 0.553. The number of aromatic nitrogens is 4. The van der Waals surface area contributed by atoms with Crippen LogP contribution >= 0.6 is 0 Å². The predicted octanol–water partition coefficient (Wildman–Crippen LogP) is 1.29. The van der Waals surface area contributed by atoms with Crippen molar-refractivity contribution in [2.45, 2.75) is 20.4 Å². The van der Waals surface area contributed by atoms with Gasteiger partial charge in [0, 0.05) is 38.3 Å². The molecule has 0 unspecified atom stereocenters. The molecule has 0 spiro atoms. The molecule has 0 aliphatic heterocycles. The molecule has 2 aromatic heterocycles. The third-order valence-electron chi connectivity index (χ3n) is 2.68. The van der Waals surface area contributed by atoms with Gasteiger partial charge in [-0.25, -0.2) is 19.9 Å². The van der Waals surface area contributed by atoms with Gasteiger partial charge in [-0.3, -0.25) is 0 Å². The van der Waals surface area contributed by atoms with Crippen molar-refractivity contribution in [3.63, 3.8) is 0 Å². The average Bonchev–Trinajstić information content (AvgIpc) is 2.44. The lowest BCUT2D eigenvalue weighted by atomic mass is 10.3. The van der Waals surface area contributed by atoms with Gasteiger partial charge in [0.05, 0.1) is 12.3 Å². The summed E-state index contributed by atoms with van der Waals surface area (Å²) >= 11 is 0. The van der Waals surface area contributed by atoms with Crippen molar-refractivity contribution in [2.24, 2.45) is 0 Å². The van der Waals surface area contributed by atoms with Crippen LogP contribution in [-0.4, -0.2) is 40.2 Å². The zero-order chi connectivity index (χ0) is 14.4. The summed E-state index contributed by atoms with van der Waals surface area (Å²) in [7, 11) is 1.68. The Bertz CT molecular complexity index is 556. The maximum Gasteiger partial charge on any atom is 0.198 e. The van der Waals surface area contributed by atoms with Gasteiger partial charge >= 0.3 is 0 Å². The quantitative estimate of drug-likeness (QED) is 0.799. The van der Waals surface area contributed by atoms with E-state index in [2.05, 4.69) is 25.3 Å². The van der Waals surface area contributed by atoms with E-state index in [1.807, 2.05) is 19.9 Å². The van der Waals surface area contributed by atoms with Crippen LogP contribution in [0.2, 0.25) is 0 Å². The lowest BCUT2D eigenvalue weighted by Gasteiger charge is -2.06. The predicted molar refractivity (Wildman–Crippen MR) is 76.1 cm³/mol. The molecule has 0 saturated carbocycles. The molecule has 6 heteroatoms. The second kappa shape index (κ2) is 7.02. The first-order valence-corrected chi connectivity index (χ1v) is 6.52. The largest absolute Gasteiger partial charge is 0.383 e. The smallest absolute Gasteiger partial charge is 0.198 e. The Balaban J connectivity index is 2.13. The highest BCUT2D eigenvalue weighted by Gasteiger charge is 2.07. The van der Waals surface area contributed by atoms with Gasteiger partial charge in [-0.15, -0.1) is 0 Å². The normalized spacial score (nSPS) is 10.8. The number of nitrogens with one attached hydrogen (secondary N) is 1. The van der Waals surface area contributed by atoms with Crippen molar-refractivity contribution in [3.8, 4) is 11.6 Å². The van der Waals surface area contributed by atoms with Crippen molar-refractivity contribution in [1.29, 1.82) is 0 Å². The van der Waals surface area contributed by atoms with Crippen LogP contribution in [0, 0.1) is 13.8 Å². The van der Waals surface area contributed by atoms with E-state index in [1.54, 1.807) is 19.5 Å². The van der Waals surface area contributed by atoms with Crippen LogP contribution in [-0.2, 0) is 11.3 Å². The summed E-state index contributed by atoms with van der Waals surface area (Å²) < 4.78 is 4.99. The Labute approximate surface area is 118 Å². The highest BCUT2D eigenvalue weighted by atomic mass is 16.5. The number of hydrogen-bond donors (Lipinski definition) is 1. The zero-order valence-electron chi connectivity index (χ0n) is 12.1. The summed E-state index contributed by atoms with van der Waals surface area (Å²) in [5, 5.41) is 3.26. The van der Waals surface area contributed by atoms with Gasteiger partial charge in [0.15, 0.2) is 11.6 Å². The molecular weight excluding hydrogens is 254 g/mol. The monoisotopic (exact) mass is 273 g/mol. The van der Waals surface area contributed by atoms with Gasteiger partial charge in [-0.05, 0) is 25.5 Å². The molecule has 20 heavy (non-hydrogen) atoms. The Morgan fingerprint density at radius 1 is 1.10 bits per heavy atom. The summed E-state index contributed by atoms with van der Waals surface area (Å²) in [6.45, 7) is 6.03. The fraction of sp³-hybridized carbons (Fsp3) is 0.429. The molecule has 0 aliphatic rings. The molecule has 0 aromatic carbocycles. The van der Waals surface area contributed by atoms with E-state index in [0.717, 1.165) is 23.5 Å². The lowest BCUT2D eigenvalue weighted by molar-refractivity contribution is 0.199. The Hall–Kier alpha value is -1.92. The first-order chi connectivity index (χ1) is 9.69. The molecule has 0 fully saturated rings. The number of ether oxygens (including phenoxy) is 1. The molecular formula is C14H19N5O. The van der Waals surface area contributed by atoms with Gasteiger partial charge in [-0.1, -0.05) is 0 Å². The van der Waals surface area contributed by atoms with E-state index in [-0.39, 0.29) is 0 Å². The fourth-order valence-corrected chi connectivity index (χ4v) is 1.72. The van der Waals surface area contributed by atoms with Crippen molar-refractivity contribution in [2.75, 3.05) is 20.3 Å². The maximum atomic E-state index is 4.99. The van der Waals surface area contributed by atoms with Crippen molar-refractivity contribution in [3.05, 3.63) is 35.4 Å². The highest BCUT2D eigenvalue weighted by Crippen LogP contribution is 2.11. The molecule has 1 N–H and O–H groups in total. The topological polar surface area (TPSA) is 72.8 Å². The number of nitrogens with zero attached hydrogens (tertiary/aromatic N) is 4. The Kier molecular flexibility index (Phi) is 5.09. The van der Waals surface area contributed by atoms with Gasteiger partial charge < -0.3 is 10.1 Å². The molecule has 2 heterocycles. The third kappa shape index (κ3) is 4.04. The van der Waals surface area contributed by atoms with Crippen molar-refractivity contribution >= 4 is 0 Å². The second-order valence-electron chi connectivity index (χ2n) is 4.58. The average molecular weight is 273 g/mol. The van der Waals surface area contributed by atoms with Gasteiger partial charge in [0.1, 0.15) is 0 Å². The molecule has 0 radical (unpaired) electrons. The van der Waals surface area contributed by atoms with Gasteiger partial charge in [0.2, 0.25) is 0 Å². The standard InChI is InChI=1S/C14H19N5O/c1-10-7-16-13(17-8-10)14-18-11(2)6-12(19-14)9-15-4-5-20-3/h6-8,15H,4-5,9H2,1-3H3. The van der Waals surface area contributed by atoms with Gasteiger partial charge in [0.25, 0.3) is 0 Å². The minimum Gasteiger partial charge on any atom is -0.383 e. The van der Waals surface area contributed by atoms with Crippen LogP contribution in [0.25, 0.3) is 11.6 Å². The SMILES string of the molecule is COCCNCc1cc(C)nc(-c2ncc(C)cn2)n1. The maximum absolute atomic E-state index is 4.99. The molecule has 0 bridgehead atoms. The second-order valence-corrected chi connectivity index (χ2v) is 4.58. The molecule has 0 aliphatic carbocycles. The highest BCUT2D eigenvalue weighted by molar-refractivity contribution is 5.43. The van der Waals surface area contributed by atoms with E-state index in [1.165, 1.54) is 0 Å². The minimum atomic E-state index is 0.553. The summed E-state index contributed by atoms with van der Waals surface area (Å²) in [5.74, 6) is 1.12. The molecule has 2 rings (SSSR count). The van der Waals surface area contributed by atoms with E-state index < -0.39 is 0 Å². The van der Waals surface area contributed by atoms with Crippen LogP contribution in [0.1, 0.15) is 17.0 Å². The van der Waals surface area contributed by atoms with Crippen LogP contribution in [0.3, 0.4) is 0 Å². The molecule has 0 atom stereocenters. The van der Waals surface area contributed by atoms with E-state index >= 15 is 0 Å². The molecule has 6 nitrogen and oxygen atoms in total. The number of rotatable bonds is 6. The van der Waals surface area contributed by atoms with Gasteiger partial charge in [-0.2, -0.15) is 0 Å². The van der Waals surface area contributed by atoms with Crippen LogP contribution in [0.15, 0.2) is 18.5 Å². The molecule has 2 aromatic rings. The fourth-order valence-electron chi connectivity index (χ4n) is 1.72. The summed E-state index contributed by atoms with van der Waals surface area (Å²) in [4.78, 5) is 17.4. The van der Waals surface area contributed by atoms with Crippen molar-refractivity contribution < 1.29 is 4.74 Å². The third-order valence-corrected chi connectivity index (χ3v) is 2.68. The zero-order valence-corrected chi connectivity index (χ0v) is 12.1. The summed E-state index contributed by atoms with van der Waals surface area (Å²) in [6.07, 6.45) is 3.54. The molecule has 106 valence electrons. The molecule has 0 saturated heterocycles. The van der Waals surface area contributed by atoms with E-state index in [0.29, 0.717) is 24.8 Å². The number of hydrogen-bond acceptors (Lipinski definition) is 6. The van der Waals surface area contributed by atoms with Crippen LogP contribution in [0.4, 0.5) is 0 Å². The van der Waals surface area contributed by atoms with E-state index in [4.69, 9.17) is 4.74 Å². The first kappa shape index (κ1) is 14.5. The van der Waals surface area contributed by atoms with E-state index in [9.17, 15) is 0 Å².